The maximum atomic E-state index is 11.9. The van der Waals surface area contributed by atoms with E-state index in [2.05, 4.69) is 10.6 Å². The van der Waals surface area contributed by atoms with Crippen LogP contribution in [0.1, 0.15) is 25.8 Å². The molecule has 5 heteroatoms. The van der Waals surface area contributed by atoms with E-state index in [-0.39, 0.29) is 30.7 Å². The smallest absolute Gasteiger partial charge is 0.315 e. The number of hydrogen-bond acceptors (Lipinski definition) is 3. The quantitative estimate of drug-likeness (QED) is 0.747. The molecule has 1 aromatic carbocycles. The van der Waals surface area contributed by atoms with E-state index in [1.165, 1.54) is 5.56 Å². The second-order valence-electron chi connectivity index (χ2n) is 5.77. The van der Waals surface area contributed by atoms with Gasteiger partial charge in [-0.2, -0.15) is 0 Å². The van der Waals surface area contributed by atoms with Crippen LogP contribution in [0.15, 0.2) is 24.3 Å². The molecule has 5 nitrogen and oxygen atoms in total. The van der Waals surface area contributed by atoms with E-state index in [9.17, 15) is 4.79 Å². The van der Waals surface area contributed by atoms with E-state index in [1.807, 2.05) is 38.1 Å². The Balaban J connectivity index is 1.75. The third kappa shape index (κ3) is 4.36. The Labute approximate surface area is 125 Å². The molecule has 2 atom stereocenters. The van der Waals surface area contributed by atoms with E-state index < -0.39 is 0 Å². The van der Waals surface area contributed by atoms with Crippen LogP contribution in [0.3, 0.4) is 0 Å². The van der Waals surface area contributed by atoms with Gasteiger partial charge in [0.15, 0.2) is 0 Å². The van der Waals surface area contributed by atoms with Crippen LogP contribution in [0.4, 0.5) is 4.79 Å². The fraction of sp³-hybridized carbons (Fsp3) is 0.562. The molecule has 21 heavy (non-hydrogen) atoms. The number of aliphatic hydroxyl groups excluding tert-OH is 1. The van der Waals surface area contributed by atoms with Crippen LogP contribution in [0.2, 0.25) is 0 Å². The third-order valence-electron chi connectivity index (χ3n) is 3.77. The summed E-state index contributed by atoms with van der Waals surface area (Å²) in [5, 5.41) is 14.8. The first-order valence-corrected chi connectivity index (χ1v) is 7.50. The summed E-state index contributed by atoms with van der Waals surface area (Å²) in [4.78, 5) is 11.9. The fourth-order valence-corrected chi connectivity index (χ4v) is 2.50. The van der Waals surface area contributed by atoms with Crippen molar-refractivity contribution >= 4 is 6.03 Å². The number of ether oxygens (including phenoxy) is 1. The second-order valence-corrected chi connectivity index (χ2v) is 5.77. The minimum absolute atomic E-state index is 0.0107. The Hall–Kier alpha value is -1.75. The Morgan fingerprint density at radius 2 is 2.19 bits per heavy atom. The maximum absolute atomic E-state index is 11.9. The monoisotopic (exact) mass is 292 g/mol. The standard InChI is InChI=1S/C16H24N2O3/c1-11(2)14(7-8-19)18-16(20)17-10-13-9-12-5-3-4-6-15(12)21-13/h3-6,11,13-14,19H,7-10H2,1-2H3,(H2,17,18,20). The summed E-state index contributed by atoms with van der Waals surface area (Å²) in [6, 6.07) is 7.71. The molecule has 1 aromatic rings. The van der Waals surface area contributed by atoms with E-state index in [0.29, 0.717) is 13.0 Å². The Morgan fingerprint density at radius 1 is 1.43 bits per heavy atom. The van der Waals surface area contributed by atoms with Crippen LogP contribution in [-0.4, -0.2) is 36.4 Å². The van der Waals surface area contributed by atoms with E-state index in [1.54, 1.807) is 0 Å². The molecule has 2 rings (SSSR count). The molecular weight excluding hydrogens is 268 g/mol. The van der Waals surface area contributed by atoms with Gasteiger partial charge < -0.3 is 20.5 Å². The number of aliphatic hydroxyl groups is 1. The van der Waals surface area contributed by atoms with Gasteiger partial charge in [0.1, 0.15) is 11.9 Å². The lowest BCUT2D eigenvalue weighted by Gasteiger charge is -2.22. The predicted molar refractivity (Wildman–Crippen MR) is 81.4 cm³/mol. The molecule has 2 amide bonds. The molecule has 2 unspecified atom stereocenters. The van der Waals surface area contributed by atoms with Gasteiger partial charge in [0.25, 0.3) is 0 Å². The molecule has 1 heterocycles. The highest BCUT2D eigenvalue weighted by Gasteiger charge is 2.23. The van der Waals surface area contributed by atoms with Gasteiger partial charge in [-0.05, 0) is 24.0 Å². The average Bonchev–Trinajstić information content (AvgIpc) is 2.87. The maximum Gasteiger partial charge on any atom is 0.315 e. The van der Waals surface area contributed by atoms with E-state index in [4.69, 9.17) is 9.84 Å². The highest BCUT2D eigenvalue weighted by atomic mass is 16.5. The first kappa shape index (κ1) is 15.6. The van der Waals surface area contributed by atoms with Gasteiger partial charge in [-0.15, -0.1) is 0 Å². The number of benzene rings is 1. The fourth-order valence-electron chi connectivity index (χ4n) is 2.50. The van der Waals surface area contributed by atoms with Crippen LogP contribution < -0.4 is 15.4 Å². The zero-order valence-electron chi connectivity index (χ0n) is 12.6. The predicted octanol–water partition coefficient (Wildman–Crippen LogP) is 1.70. The SMILES string of the molecule is CC(C)C(CCO)NC(=O)NCC1Cc2ccccc2O1. The largest absolute Gasteiger partial charge is 0.488 e. The Morgan fingerprint density at radius 3 is 2.86 bits per heavy atom. The van der Waals surface area contributed by atoms with Gasteiger partial charge in [0.05, 0.1) is 6.54 Å². The summed E-state index contributed by atoms with van der Waals surface area (Å²) in [5.41, 5.74) is 1.19. The number of nitrogens with one attached hydrogen (secondary N) is 2. The van der Waals surface area contributed by atoms with Gasteiger partial charge in [-0.3, -0.25) is 0 Å². The highest BCUT2D eigenvalue weighted by molar-refractivity contribution is 5.74. The zero-order chi connectivity index (χ0) is 15.2. The lowest BCUT2D eigenvalue weighted by Crippen LogP contribution is -2.47. The lowest BCUT2D eigenvalue weighted by molar-refractivity contribution is 0.203. The van der Waals surface area contributed by atoms with Gasteiger partial charge in [0, 0.05) is 19.1 Å². The van der Waals surface area contributed by atoms with Crippen molar-refractivity contribution in [2.75, 3.05) is 13.2 Å². The molecule has 0 saturated heterocycles. The minimum atomic E-state index is -0.207. The zero-order valence-corrected chi connectivity index (χ0v) is 12.6. The van der Waals surface area contributed by atoms with Crippen LogP contribution in [-0.2, 0) is 6.42 Å². The van der Waals surface area contributed by atoms with Gasteiger partial charge >= 0.3 is 6.03 Å². The molecule has 0 fully saturated rings. The van der Waals surface area contributed by atoms with Crippen molar-refractivity contribution in [1.29, 1.82) is 0 Å². The molecule has 1 aliphatic heterocycles. The van der Waals surface area contributed by atoms with Crippen LogP contribution >= 0.6 is 0 Å². The average molecular weight is 292 g/mol. The summed E-state index contributed by atoms with van der Waals surface area (Å²) in [6.07, 6.45) is 1.38. The topological polar surface area (TPSA) is 70.6 Å². The second kappa shape index (κ2) is 7.31. The van der Waals surface area contributed by atoms with Gasteiger partial charge in [-0.25, -0.2) is 4.79 Å². The number of carbonyl (C=O) groups excluding carboxylic acids is 1. The first-order chi connectivity index (χ1) is 10.1. The van der Waals surface area contributed by atoms with Crippen LogP contribution in [0, 0.1) is 5.92 Å². The first-order valence-electron chi connectivity index (χ1n) is 7.50. The Bertz CT molecular complexity index is 451. The molecule has 1 aliphatic rings. The van der Waals surface area contributed by atoms with Crippen molar-refractivity contribution < 1.29 is 14.6 Å². The lowest BCUT2D eigenvalue weighted by atomic mass is 10.0. The van der Waals surface area contributed by atoms with Crippen molar-refractivity contribution in [3.63, 3.8) is 0 Å². The van der Waals surface area contributed by atoms with E-state index >= 15 is 0 Å². The number of hydrogen-bond donors (Lipinski definition) is 3. The summed E-state index contributed by atoms with van der Waals surface area (Å²) in [6.45, 7) is 4.60. The minimum Gasteiger partial charge on any atom is -0.488 e. The summed E-state index contributed by atoms with van der Waals surface area (Å²) in [5.74, 6) is 1.19. The molecule has 0 saturated carbocycles. The van der Waals surface area contributed by atoms with Crippen molar-refractivity contribution in [2.24, 2.45) is 5.92 Å². The summed E-state index contributed by atoms with van der Waals surface area (Å²) >= 11 is 0. The Kier molecular flexibility index (Phi) is 5.44. The van der Waals surface area contributed by atoms with Gasteiger partial charge in [0.2, 0.25) is 0 Å². The van der Waals surface area contributed by atoms with Gasteiger partial charge in [-0.1, -0.05) is 32.0 Å². The van der Waals surface area contributed by atoms with Crippen LogP contribution in [0.25, 0.3) is 0 Å². The molecular formula is C16H24N2O3. The third-order valence-corrected chi connectivity index (χ3v) is 3.77. The molecule has 0 aliphatic carbocycles. The summed E-state index contributed by atoms with van der Waals surface area (Å²) in [7, 11) is 0. The molecule has 0 spiro atoms. The van der Waals surface area contributed by atoms with Crippen LogP contribution in [0.5, 0.6) is 5.75 Å². The van der Waals surface area contributed by atoms with Crippen molar-refractivity contribution in [3.05, 3.63) is 29.8 Å². The molecule has 0 aromatic heterocycles. The summed E-state index contributed by atoms with van der Waals surface area (Å²) < 4.78 is 5.77. The van der Waals surface area contributed by atoms with Crippen molar-refractivity contribution in [3.8, 4) is 5.75 Å². The molecule has 116 valence electrons. The van der Waals surface area contributed by atoms with Crippen molar-refractivity contribution in [1.82, 2.24) is 10.6 Å². The molecule has 3 N–H and O–H groups in total. The van der Waals surface area contributed by atoms with E-state index in [0.717, 1.165) is 12.2 Å². The number of carbonyl (C=O) groups is 1. The molecule has 0 radical (unpaired) electrons. The number of rotatable bonds is 6. The molecule has 0 bridgehead atoms. The number of para-hydroxylation sites is 1. The highest BCUT2D eigenvalue weighted by Crippen LogP contribution is 2.27. The van der Waals surface area contributed by atoms with Crippen molar-refractivity contribution in [2.45, 2.75) is 38.8 Å². The number of urea groups is 1. The number of fused-ring (bicyclic) bond motifs is 1. The normalized spacial score (nSPS) is 18.0. The number of amides is 2.